The van der Waals surface area contributed by atoms with Gasteiger partial charge >= 0.3 is 18.8 Å². The Morgan fingerprint density at radius 3 is 2.48 bits per heavy atom. The van der Waals surface area contributed by atoms with Crippen LogP contribution in [-0.2, 0) is 9.59 Å². The summed E-state index contributed by atoms with van der Waals surface area (Å²) in [6.45, 7) is -1.31. The molecule has 0 spiro atoms. The average molecular weight is 600 g/mol. The molecule has 2 amide bonds. The zero-order valence-corrected chi connectivity index (χ0v) is 23.1. The van der Waals surface area contributed by atoms with Crippen molar-refractivity contribution in [1.29, 1.82) is 0 Å². The topological polar surface area (TPSA) is 98.3 Å². The maximum absolute atomic E-state index is 13.4. The molecule has 2 fully saturated rings. The zero-order valence-electron chi connectivity index (χ0n) is 23.1. The van der Waals surface area contributed by atoms with Gasteiger partial charge in [0.1, 0.15) is 17.8 Å². The number of rotatable bonds is 10. The SMILES string of the molecule is CC(=O)N1CC(c2ccc(OC(F)F)c(OCC3CC3)c2)C[C@]1(C)C(=O)Oc1cccc(C(=O)N(C)CC(F)(F)F)n1. The molecule has 9 nitrogen and oxygen atoms in total. The predicted molar refractivity (Wildman–Crippen MR) is 137 cm³/mol. The number of pyridine rings is 1. The number of ether oxygens (including phenoxy) is 3. The van der Waals surface area contributed by atoms with Crippen molar-refractivity contribution in [1.82, 2.24) is 14.8 Å². The Bertz CT molecular complexity index is 1340. The van der Waals surface area contributed by atoms with Gasteiger partial charge in [0.25, 0.3) is 5.91 Å². The van der Waals surface area contributed by atoms with Crippen LogP contribution in [0.15, 0.2) is 36.4 Å². The summed E-state index contributed by atoms with van der Waals surface area (Å²) in [6.07, 6.45) is -2.55. The molecule has 1 unspecified atom stereocenters. The summed E-state index contributed by atoms with van der Waals surface area (Å²) >= 11 is 0. The second-order valence-electron chi connectivity index (χ2n) is 10.7. The van der Waals surface area contributed by atoms with Crippen LogP contribution in [0.2, 0.25) is 0 Å². The van der Waals surface area contributed by atoms with E-state index in [0.717, 1.165) is 19.9 Å². The number of carbonyl (C=O) groups excluding carboxylic acids is 3. The Morgan fingerprint density at radius 1 is 1.14 bits per heavy atom. The Morgan fingerprint density at radius 2 is 1.86 bits per heavy atom. The summed E-state index contributed by atoms with van der Waals surface area (Å²) in [5.74, 6) is -2.71. The molecular formula is C28H30F5N3O6. The number of benzene rings is 1. The Hall–Kier alpha value is -3.97. The monoisotopic (exact) mass is 599 g/mol. The van der Waals surface area contributed by atoms with Gasteiger partial charge in [0.05, 0.1) is 6.61 Å². The minimum absolute atomic E-state index is 0.0927. The molecule has 1 saturated heterocycles. The number of likely N-dealkylation sites (tertiary alicyclic amines) is 1. The lowest BCUT2D eigenvalue weighted by Gasteiger charge is -2.31. The van der Waals surface area contributed by atoms with Crippen LogP contribution in [0.5, 0.6) is 17.4 Å². The fourth-order valence-corrected chi connectivity index (χ4v) is 4.88. The minimum Gasteiger partial charge on any atom is -0.489 e. The smallest absolute Gasteiger partial charge is 0.406 e. The largest absolute Gasteiger partial charge is 0.489 e. The van der Waals surface area contributed by atoms with Gasteiger partial charge in [-0.2, -0.15) is 22.0 Å². The minimum atomic E-state index is -4.61. The van der Waals surface area contributed by atoms with Crippen LogP contribution in [0.25, 0.3) is 0 Å². The molecule has 1 saturated carbocycles. The van der Waals surface area contributed by atoms with Crippen molar-refractivity contribution in [3.05, 3.63) is 47.7 Å². The number of amides is 2. The molecule has 2 heterocycles. The van der Waals surface area contributed by atoms with Crippen molar-refractivity contribution in [3.8, 4) is 17.4 Å². The molecule has 42 heavy (non-hydrogen) atoms. The lowest BCUT2D eigenvalue weighted by atomic mass is 9.89. The first-order chi connectivity index (χ1) is 19.7. The number of aromatic nitrogens is 1. The van der Waals surface area contributed by atoms with E-state index in [1.54, 1.807) is 12.1 Å². The van der Waals surface area contributed by atoms with Gasteiger partial charge in [-0.15, -0.1) is 0 Å². The van der Waals surface area contributed by atoms with Crippen LogP contribution in [-0.4, -0.2) is 77.6 Å². The highest BCUT2D eigenvalue weighted by Crippen LogP contribution is 2.43. The normalized spacial score (nSPS) is 20.4. The summed E-state index contributed by atoms with van der Waals surface area (Å²) in [6, 6.07) is 8.24. The van der Waals surface area contributed by atoms with Crippen LogP contribution in [0.4, 0.5) is 22.0 Å². The van der Waals surface area contributed by atoms with Crippen LogP contribution in [0, 0.1) is 5.92 Å². The average Bonchev–Trinajstić information content (AvgIpc) is 3.66. The highest BCUT2D eigenvalue weighted by atomic mass is 19.4. The number of hydrogen-bond acceptors (Lipinski definition) is 7. The summed E-state index contributed by atoms with van der Waals surface area (Å²) in [4.78, 5) is 44.1. The molecule has 4 rings (SSSR count). The highest BCUT2D eigenvalue weighted by molar-refractivity contribution is 5.92. The first-order valence-electron chi connectivity index (χ1n) is 13.2. The van der Waals surface area contributed by atoms with Gasteiger partial charge in [-0.1, -0.05) is 12.1 Å². The van der Waals surface area contributed by atoms with Crippen molar-refractivity contribution in [2.24, 2.45) is 5.92 Å². The third-order valence-electron chi connectivity index (χ3n) is 7.19. The molecular weight excluding hydrogens is 569 g/mol. The predicted octanol–water partition coefficient (Wildman–Crippen LogP) is 4.81. The van der Waals surface area contributed by atoms with Crippen molar-refractivity contribution < 1.29 is 50.5 Å². The number of alkyl halides is 5. The number of halogens is 5. The van der Waals surface area contributed by atoms with Crippen molar-refractivity contribution >= 4 is 17.8 Å². The van der Waals surface area contributed by atoms with Crippen molar-refractivity contribution in [2.75, 3.05) is 26.7 Å². The van der Waals surface area contributed by atoms with Crippen LogP contribution >= 0.6 is 0 Å². The summed E-state index contributed by atoms with van der Waals surface area (Å²) < 4.78 is 79.8. The molecule has 2 atom stereocenters. The van der Waals surface area contributed by atoms with E-state index in [2.05, 4.69) is 9.72 Å². The van der Waals surface area contributed by atoms with Gasteiger partial charge in [-0.3, -0.25) is 9.59 Å². The highest BCUT2D eigenvalue weighted by Gasteiger charge is 2.51. The summed E-state index contributed by atoms with van der Waals surface area (Å²) in [5, 5.41) is 0. The van der Waals surface area contributed by atoms with Crippen LogP contribution in [0.3, 0.4) is 0 Å². The van der Waals surface area contributed by atoms with E-state index in [1.165, 1.54) is 43.0 Å². The van der Waals surface area contributed by atoms with Gasteiger partial charge < -0.3 is 24.0 Å². The summed E-state index contributed by atoms with van der Waals surface area (Å²) in [5.41, 5.74) is -1.23. The number of esters is 1. The van der Waals surface area contributed by atoms with Gasteiger partial charge in [-0.05, 0) is 55.9 Å². The Balaban J connectivity index is 1.53. The van der Waals surface area contributed by atoms with Gasteiger partial charge in [0.15, 0.2) is 11.5 Å². The Kier molecular flexibility index (Phi) is 8.92. The molecule has 14 heteroatoms. The van der Waals surface area contributed by atoms with Crippen molar-refractivity contribution in [2.45, 2.75) is 57.4 Å². The third-order valence-corrected chi connectivity index (χ3v) is 7.19. The lowest BCUT2D eigenvalue weighted by Crippen LogP contribution is -2.52. The maximum Gasteiger partial charge on any atom is 0.406 e. The van der Waals surface area contributed by atoms with Crippen molar-refractivity contribution in [3.63, 3.8) is 0 Å². The third kappa shape index (κ3) is 7.45. The fraction of sp³-hybridized carbons (Fsp3) is 0.500. The van der Waals surface area contributed by atoms with E-state index < -0.39 is 48.6 Å². The maximum atomic E-state index is 13.4. The first-order valence-corrected chi connectivity index (χ1v) is 13.2. The quantitative estimate of drug-likeness (QED) is 0.286. The first kappa shape index (κ1) is 31.0. The lowest BCUT2D eigenvalue weighted by molar-refractivity contribution is -0.152. The second-order valence-corrected chi connectivity index (χ2v) is 10.7. The Labute approximate surface area is 238 Å². The molecule has 2 aliphatic rings. The number of nitrogens with zero attached hydrogens (tertiary/aromatic N) is 3. The van der Waals surface area contributed by atoms with Crippen LogP contribution in [0.1, 0.15) is 55.1 Å². The molecule has 0 radical (unpaired) electrons. The number of hydrogen-bond donors (Lipinski definition) is 0. The van der Waals surface area contributed by atoms with Crippen LogP contribution < -0.4 is 14.2 Å². The fourth-order valence-electron chi connectivity index (χ4n) is 4.88. The molecule has 228 valence electrons. The molecule has 1 aliphatic heterocycles. The molecule has 0 bridgehead atoms. The van der Waals surface area contributed by atoms with E-state index in [4.69, 9.17) is 9.47 Å². The van der Waals surface area contributed by atoms with E-state index in [9.17, 15) is 36.3 Å². The number of carbonyl (C=O) groups is 3. The van der Waals surface area contributed by atoms with E-state index in [0.29, 0.717) is 23.0 Å². The van der Waals surface area contributed by atoms with E-state index in [-0.39, 0.29) is 36.0 Å². The molecule has 2 aromatic rings. The van der Waals surface area contributed by atoms with Gasteiger partial charge in [0.2, 0.25) is 11.8 Å². The van der Waals surface area contributed by atoms with E-state index >= 15 is 0 Å². The molecule has 0 N–H and O–H groups in total. The van der Waals surface area contributed by atoms with E-state index in [1.807, 2.05) is 0 Å². The van der Waals surface area contributed by atoms with Gasteiger partial charge in [-0.25, -0.2) is 9.78 Å². The second kappa shape index (κ2) is 12.1. The molecule has 1 aromatic carbocycles. The zero-order chi connectivity index (χ0) is 30.8. The standard InChI is InChI=1S/C28H30F5N3O6/c1-16(37)36-13-19(18-9-10-21(41-26(29)30)22(11-18)40-14-17-7-8-17)12-27(36,2)25(39)42-23-6-4-5-20(34-23)24(38)35(3)15-28(31,32)33/h4-6,9-11,17,19,26H,7-8,12-15H2,1-3H3/t19?,27-/m1/s1. The molecule has 1 aromatic heterocycles. The van der Waals surface area contributed by atoms with Gasteiger partial charge in [0, 0.05) is 32.5 Å². The molecule has 1 aliphatic carbocycles. The summed E-state index contributed by atoms with van der Waals surface area (Å²) in [7, 11) is 0.967.